The Bertz CT molecular complexity index is 459. The van der Waals surface area contributed by atoms with Crippen molar-refractivity contribution in [3.05, 3.63) is 24.3 Å². The Morgan fingerprint density at radius 2 is 1.95 bits per heavy atom. The second kappa shape index (κ2) is 7.85. The first-order valence-electron chi connectivity index (χ1n) is 7.19. The van der Waals surface area contributed by atoms with Gasteiger partial charge in [-0.1, -0.05) is 12.1 Å². The van der Waals surface area contributed by atoms with E-state index >= 15 is 0 Å². The van der Waals surface area contributed by atoms with E-state index in [2.05, 4.69) is 16.8 Å². The lowest BCUT2D eigenvalue weighted by molar-refractivity contribution is -0.146. The van der Waals surface area contributed by atoms with Crippen LogP contribution < -0.4 is 10.5 Å². The molecule has 0 aliphatic carbocycles. The lowest BCUT2D eigenvalue weighted by atomic mass is 10.3. The maximum absolute atomic E-state index is 11.6. The molecule has 21 heavy (non-hydrogen) atoms. The lowest BCUT2D eigenvalue weighted by Gasteiger charge is -2.31. The Hall–Kier alpha value is -1.79. The summed E-state index contributed by atoms with van der Waals surface area (Å²) in [6.07, 6.45) is 0. The second-order valence-electron chi connectivity index (χ2n) is 5.19. The molecular weight excluding hydrogens is 270 g/mol. The Labute approximate surface area is 125 Å². The average Bonchev–Trinajstić information content (AvgIpc) is 2.48. The van der Waals surface area contributed by atoms with Crippen molar-refractivity contribution in [3.8, 4) is 5.75 Å². The van der Waals surface area contributed by atoms with Crippen LogP contribution in [0.4, 0.5) is 5.69 Å². The van der Waals surface area contributed by atoms with Crippen LogP contribution in [0, 0.1) is 0 Å². The monoisotopic (exact) mass is 293 g/mol. The van der Waals surface area contributed by atoms with Gasteiger partial charge in [-0.15, -0.1) is 0 Å². The molecule has 1 aromatic rings. The number of nitrogens with two attached hydrogens (primary N) is 1. The minimum Gasteiger partial charge on any atom is -0.480 e. The summed E-state index contributed by atoms with van der Waals surface area (Å²) in [7, 11) is 2.12. The average molecular weight is 293 g/mol. The number of piperazine rings is 1. The highest BCUT2D eigenvalue weighted by Crippen LogP contribution is 2.19. The van der Waals surface area contributed by atoms with Gasteiger partial charge in [-0.2, -0.15) is 0 Å². The maximum atomic E-state index is 11.6. The summed E-state index contributed by atoms with van der Waals surface area (Å²) < 4.78 is 10.5. The summed E-state index contributed by atoms with van der Waals surface area (Å²) in [5.41, 5.74) is 6.24. The molecule has 0 bridgehead atoms. The van der Waals surface area contributed by atoms with Gasteiger partial charge in [-0.25, -0.2) is 4.79 Å². The third-order valence-electron chi connectivity index (χ3n) is 3.53. The fraction of sp³-hybridized carbons (Fsp3) is 0.533. The van der Waals surface area contributed by atoms with Gasteiger partial charge in [-0.05, 0) is 19.2 Å². The van der Waals surface area contributed by atoms with E-state index in [1.165, 1.54) is 0 Å². The van der Waals surface area contributed by atoms with Gasteiger partial charge in [0, 0.05) is 32.7 Å². The van der Waals surface area contributed by atoms with E-state index in [1.807, 2.05) is 12.1 Å². The van der Waals surface area contributed by atoms with Crippen LogP contribution in [-0.2, 0) is 9.53 Å². The zero-order valence-corrected chi connectivity index (χ0v) is 12.5. The summed E-state index contributed by atoms with van der Waals surface area (Å²) in [5, 5.41) is 0. The number of nitrogens with zero attached hydrogens (tertiary/aromatic N) is 2. The van der Waals surface area contributed by atoms with Crippen LogP contribution in [0.15, 0.2) is 24.3 Å². The van der Waals surface area contributed by atoms with E-state index in [0.717, 1.165) is 32.7 Å². The van der Waals surface area contributed by atoms with Crippen LogP contribution in [0.2, 0.25) is 0 Å². The van der Waals surface area contributed by atoms with E-state index in [4.69, 9.17) is 15.2 Å². The van der Waals surface area contributed by atoms with Crippen molar-refractivity contribution in [2.45, 2.75) is 0 Å². The third-order valence-corrected chi connectivity index (χ3v) is 3.53. The quantitative estimate of drug-likeness (QED) is 0.606. The maximum Gasteiger partial charge on any atom is 0.344 e. The van der Waals surface area contributed by atoms with Crippen LogP contribution in [0.3, 0.4) is 0 Å². The fourth-order valence-corrected chi connectivity index (χ4v) is 2.15. The van der Waals surface area contributed by atoms with Gasteiger partial charge in [0.2, 0.25) is 0 Å². The van der Waals surface area contributed by atoms with Gasteiger partial charge < -0.3 is 20.1 Å². The Balaban J connectivity index is 1.61. The molecular formula is C15H23N3O3. The number of carbonyl (C=O) groups is 1. The fourth-order valence-electron chi connectivity index (χ4n) is 2.15. The predicted molar refractivity (Wildman–Crippen MR) is 81.2 cm³/mol. The van der Waals surface area contributed by atoms with Gasteiger partial charge in [0.1, 0.15) is 12.4 Å². The van der Waals surface area contributed by atoms with Gasteiger partial charge in [0.05, 0.1) is 5.69 Å². The van der Waals surface area contributed by atoms with Crippen molar-refractivity contribution in [1.82, 2.24) is 9.80 Å². The number of anilines is 1. The largest absolute Gasteiger partial charge is 0.480 e. The Kier molecular flexibility index (Phi) is 5.83. The molecule has 0 atom stereocenters. The SMILES string of the molecule is CN1CCN(CCOC(=O)COc2ccccc2N)CC1. The van der Waals surface area contributed by atoms with Gasteiger partial charge >= 0.3 is 5.97 Å². The molecule has 116 valence electrons. The van der Waals surface area contributed by atoms with E-state index < -0.39 is 0 Å². The van der Waals surface area contributed by atoms with E-state index in [0.29, 0.717) is 18.0 Å². The highest BCUT2D eigenvalue weighted by Gasteiger charge is 2.14. The summed E-state index contributed by atoms with van der Waals surface area (Å²) in [6, 6.07) is 7.09. The van der Waals surface area contributed by atoms with Crippen molar-refractivity contribution in [2.75, 3.05) is 58.7 Å². The minimum absolute atomic E-state index is 0.114. The van der Waals surface area contributed by atoms with Crippen LogP contribution in [-0.4, -0.2) is 68.8 Å². The van der Waals surface area contributed by atoms with E-state index in [9.17, 15) is 4.79 Å². The molecule has 0 saturated carbocycles. The normalized spacial score (nSPS) is 16.6. The van der Waals surface area contributed by atoms with Gasteiger partial charge in [-0.3, -0.25) is 4.90 Å². The first kappa shape index (κ1) is 15.6. The number of rotatable bonds is 6. The molecule has 1 fully saturated rings. The molecule has 1 heterocycles. The van der Waals surface area contributed by atoms with Crippen molar-refractivity contribution >= 4 is 11.7 Å². The van der Waals surface area contributed by atoms with Crippen LogP contribution in [0.1, 0.15) is 0 Å². The predicted octanol–water partition coefficient (Wildman–Crippen LogP) is 0.438. The molecule has 0 radical (unpaired) electrons. The van der Waals surface area contributed by atoms with Crippen LogP contribution >= 0.6 is 0 Å². The summed E-state index contributed by atoms with van der Waals surface area (Å²) in [6.45, 7) is 5.21. The van der Waals surface area contributed by atoms with Gasteiger partial charge in [0.15, 0.2) is 6.61 Å². The summed E-state index contributed by atoms with van der Waals surface area (Å²) >= 11 is 0. The highest BCUT2D eigenvalue weighted by atomic mass is 16.6. The molecule has 0 unspecified atom stereocenters. The van der Waals surface area contributed by atoms with Crippen molar-refractivity contribution < 1.29 is 14.3 Å². The number of benzene rings is 1. The zero-order valence-electron chi connectivity index (χ0n) is 12.5. The summed E-state index contributed by atoms with van der Waals surface area (Å²) in [4.78, 5) is 16.2. The number of para-hydroxylation sites is 2. The molecule has 0 aromatic heterocycles. The van der Waals surface area contributed by atoms with Crippen molar-refractivity contribution in [1.29, 1.82) is 0 Å². The zero-order chi connectivity index (χ0) is 15.1. The van der Waals surface area contributed by atoms with Crippen molar-refractivity contribution in [2.24, 2.45) is 0 Å². The standard InChI is InChI=1S/C15H23N3O3/c1-17-6-8-18(9-7-17)10-11-20-15(19)12-21-14-5-3-2-4-13(14)16/h2-5H,6-12,16H2,1H3. The molecule has 0 amide bonds. The smallest absolute Gasteiger partial charge is 0.344 e. The van der Waals surface area contributed by atoms with Crippen LogP contribution in [0.25, 0.3) is 0 Å². The van der Waals surface area contributed by atoms with Gasteiger partial charge in [0.25, 0.3) is 0 Å². The molecule has 6 nitrogen and oxygen atoms in total. The molecule has 0 spiro atoms. The number of nitrogen functional groups attached to an aromatic ring is 1. The number of likely N-dealkylation sites (N-methyl/N-ethyl adjacent to an activating group) is 1. The van der Waals surface area contributed by atoms with Crippen LogP contribution in [0.5, 0.6) is 5.75 Å². The highest BCUT2D eigenvalue weighted by molar-refractivity contribution is 5.71. The molecule has 6 heteroatoms. The molecule has 1 aliphatic heterocycles. The van der Waals surface area contributed by atoms with E-state index in [-0.39, 0.29) is 12.6 Å². The Morgan fingerprint density at radius 3 is 2.67 bits per heavy atom. The third kappa shape index (κ3) is 5.24. The molecule has 1 saturated heterocycles. The molecule has 2 N–H and O–H groups in total. The summed E-state index contributed by atoms with van der Waals surface area (Å²) in [5.74, 6) is 0.140. The number of hydrogen-bond acceptors (Lipinski definition) is 6. The lowest BCUT2D eigenvalue weighted by Crippen LogP contribution is -2.45. The second-order valence-corrected chi connectivity index (χ2v) is 5.19. The van der Waals surface area contributed by atoms with E-state index in [1.54, 1.807) is 12.1 Å². The Morgan fingerprint density at radius 1 is 1.24 bits per heavy atom. The number of hydrogen-bond donors (Lipinski definition) is 1. The molecule has 2 rings (SSSR count). The minimum atomic E-state index is -0.368. The first-order chi connectivity index (χ1) is 10.1. The molecule has 1 aliphatic rings. The first-order valence-corrected chi connectivity index (χ1v) is 7.19. The number of carbonyl (C=O) groups excluding carboxylic acids is 1. The van der Waals surface area contributed by atoms with Crippen molar-refractivity contribution in [3.63, 3.8) is 0 Å². The molecule has 1 aromatic carbocycles. The topological polar surface area (TPSA) is 68.0 Å². The number of esters is 1. The number of ether oxygens (including phenoxy) is 2.